The summed E-state index contributed by atoms with van der Waals surface area (Å²) in [6.45, 7) is 4.75. The van der Waals surface area contributed by atoms with E-state index >= 15 is 0 Å². The summed E-state index contributed by atoms with van der Waals surface area (Å²) in [5, 5.41) is 13.3. The Morgan fingerprint density at radius 2 is 2.09 bits per heavy atom. The second-order valence-electron chi connectivity index (χ2n) is 6.20. The van der Waals surface area contributed by atoms with Crippen LogP contribution in [0.4, 0.5) is 0 Å². The zero-order chi connectivity index (χ0) is 16.4. The van der Waals surface area contributed by atoms with E-state index in [-0.39, 0.29) is 0 Å². The maximum atomic E-state index is 11.0. The molecule has 2 aromatic rings. The molecule has 6 nitrogen and oxygen atoms in total. The van der Waals surface area contributed by atoms with Crippen LogP contribution >= 0.6 is 0 Å². The van der Waals surface area contributed by atoms with Gasteiger partial charge in [0.2, 0.25) is 0 Å². The minimum Gasteiger partial charge on any atom is -0.478 e. The van der Waals surface area contributed by atoms with Crippen LogP contribution in [0.25, 0.3) is 0 Å². The van der Waals surface area contributed by atoms with Crippen molar-refractivity contribution in [3.8, 4) is 0 Å². The van der Waals surface area contributed by atoms with Crippen molar-refractivity contribution in [2.24, 2.45) is 7.05 Å². The van der Waals surface area contributed by atoms with Gasteiger partial charge in [0.25, 0.3) is 0 Å². The highest BCUT2D eigenvalue weighted by Crippen LogP contribution is 2.27. The number of likely N-dealkylation sites (tertiary alicyclic amines) is 1. The molecule has 2 heterocycles. The van der Waals surface area contributed by atoms with Gasteiger partial charge in [0.05, 0.1) is 12.1 Å². The van der Waals surface area contributed by atoms with Crippen LogP contribution in [0.2, 0.25) is 0 Å². The topological polar surface area (TPSA) is 71.2 Å². The van der Waals surface area contributed by atoms with Crippen molar-refractivity contribution in [2.75, 3.05) is 13.1 Å². The lowest BCUT2D eigenvalue weighted by molar-refractivity contribution is 0.0697. The average molecular weight is 314 g/mol. The number of aromatic carboxylic acids is 1. The third-order valence-corrected chi connectivity index (χ3v) is 4.46. The van der Waals surface area contributed by atoms with Crippen molar-refractivity contribution in [3.63, 3.8) is 0 Å². The predicted molar refractivity (Wildman–Crippen MR) is 86.4 cm³/mol. The molecule has 1 fully saturated rings. The van der Waals surface area contributed by atoms with Gasteiger partial charge in [0, 0.05) is 13.6 Å². The Balaban J connectivity index is 1.68. The molecular formula is C17H22N4O2. The summed E-state index contributed by atoms with van der Waals surface area (Å²) in [5.74, 6) is 1.37. The van der Waals surface area contributed by atoms with Crippen molar-refractivity contribution >= 4 is 5.97 Å². The molecule has 0 radical (unpaired) electrons. The fraction of sp³-hybridized carbons (Fsp3) is 0.471. The molecule has 1 aliphatic rings. The number of aryl methyl sites for hydroxylation is 2. The maximum Gasteiger partial charge on any atom is 0.335 e. The summed E-state index contributed by atoms with van der Waals surface area (Å²) in [6, 6.07) is 7.29. The summed E-state index contributed by atoms with van der Waals surface area (Å²) in [6.07, 6.45) is 2.28. The van der Waals surface area contributed by atoms with Gasteiger partial charge in [-0.1, -0.05) is 12.1 Å². The lowest BCUT2D eigenvalue weighted by Gasteiger charge is -2.32. The van der Waals surface area contributed by atoms with Gasteiger partial charge in [-0.2, -0.15) is 5.10 Å². The maximum absolute atomic E-state index is 11.0. The van der Waals surface area contributed by atoms with Gasteiger partial charge in [-0.3, -0.25) is 9.58 Å². The Morgan fingerprint density at radius 1 is 1.35 bits per heavy atom. The van der Waals surface area contributed by atoms with Gasteiger partial charge in [-0.25, -0.2) is 9.78 Å². The van der Waals surface area contributed by atoms with E-state index in [1.54, 1.807) is 12.1 Å². The first-order valence-corrected chi connectivity index (χ1v) is 7.95. The number of benzene rings is 1. The number of carboxylic acid groups (broad SMARTS) is 1. The quantitative estimate of drug-likeness (QED) is 0.937. The molecule has 0 spiro atoms. The van der Waals surface area contributed by atoms with Crippen LogP contribution in [0.1, 0.15) is 46.3 Å². The predicted octanol–water partition coefficient (Wildman–Crippen LogP) is 2.20. The van der Waals surface area contributed by atoms with E-state index in [1.165, 1.54) is 5.56 Å². The van der Waals surface area contributed by atoms with Crippen LogP contribution in [0.15, 0.2) is 24.3 Å². The molecule has 3 rings (SSSR count). The fourth-order valence-electron chi connectivity index (χ4n) is 3.26. The van der Waals surface area contributed by atoms with E-state index in [2.05, 4.69) is 15.0 Å². The van der Waals surface area contributed by atoms with Crippen LogP contribution in [-0.4, -0.2) is 43.8 Å². The van der Waals surface area contributed by atoms with Crippen LogP contribution < -0.4 is 0 Å². The van der Waals surface area contributed by atoms with E-state index in [1.807, 2.05) is 30.8 Å². The molecule has 1 N–H and O–H groups in total. The largest absolute Gasteiger partial charge is 0.478 e. The molecule has 0 aliphatic carbocycles. The molecule has 0 bridgehead atoms. The zero-order valence-corrected chi connectivity index (χ0v) is 13.6. The lowest BCUT2D eigenvalue weighted by Crippen LogP contribution is -2.34. The molecule has 1 aliphatic heterocycles. The third kappa shape index (κ3) is 3.59. The molecule has 0 unspecified atom stereocenters. The Morgan fingerprint density at radius 3 is 2.70 bits per heavy atom. The highest BCUT2D eigenvalue weighted by Gasteiger charge is 2.22. The number of piperidine rings is 1. The Bertz CT molecular complexity index is 693. The number of carboxylic acids is 1. The van der Waals surface area contributed by atoms with E-state index < -0.39 is 5.97 Å². The minimum atomic E-state index is -0.875. The SMILES string of the molecule is Cc1nc(CN2CCC[C@H](c3ccc(C(=O)O)cc3)C2)n(C)n1. The van der Waals surface area contributed by atoms with Crippen LogP contribution in [0, 0.1) is 6.92 Å². The second kappa shape index (κ2) is 6.50. The van der Waals surface area contributed by atoms with Gasteiger partial charge in [-0.05, 0) is 49.9 Å². The number of carbonyl (C=O) groups is 1. The highest BCUT2D eigenvalue weighted by atomic mass is 16.4. The summed E-state index contributed by atoms with van der Waals surface area (Å²) in [7, 11) is 1.93. The van der Waals surface area contributed by atoms with Gasteiger partial charge in [0.1, 0.15) is 11.6 Å². The van der Waals surface area contributed by atoms with Crippen molar-refractivity contribution in [1.29, 1.82) is 0 Å². The standard InChI is InChI=1S/C17H22N4O2/c1-12-18-16(20(2)19-12)11-21-9-3-4-15(10-21)13-5-7-14(8-6-13)17(22)23/h5-8,15H,3-4,9-11H2,1-2H3,(H,22,23)/t15-/m0/s1. The minimum absolute atomic E-state index is 0.343. The third-order valence-electron chi connectivity index (χ3n) is 4.46. The summed E-state index contributed by atoms with van der Waals surface area (Å²) in [5.41, 5.74) is 1.56. The van der Waals surface area contributed by atoms with Crippen LogP contribution in [0.3, 0.4) is 0 Å². The fourth-order valence-corrected chi connectivity index (χ4v) is 3.26. The zero-order valence-electron chi connectivity index (χ0n) is 13.6. The van der Waals surface area contributed by atoms with Crippen LogP contribution in [0.5, 0.6) is 0 Å². The number of rotatable bonds is 4. The Labute approximate surface area is 135 Å². The number of nitrogens with zero attached hydrogens (tertiary/aromatic N) is 4. The average Bonchev–Trinajstić information content (AvgIpc) is 2.85. The monoisotopic (exact) mass is 314 g/mol. The van der Waals surface area contributed by atoms with Crippen molar-refractivity contribution in [1.82, 2.24) is 19.7 Å². The van der Waals surface area contributed by atoms with Crippen molar-refractivity contribution in [3.05, 3.63) is 47.0 Å². The highest BCUT2D eigenvalue weighted by molar-refractivity contribution is 5.87. The van der Waals surface area contributed by atoms with E-state index in [0.29, 0.717) is 11.5 Å². The number of hydrogen-bond donors (Lipinski definition) is 1. The Hall–Kier alpha value is -2.21. The summed E-state index contributed by atoms with van der Waals surface area (Å²) < 4.78 is 1.85. The molecule has 1 aromatic heterocycles. The molecule has 0 amide bonds. The first-order chi connectivity index (χ1) is 11.0. The lowest BCUT2D eigenvalue weighted by atomic mass is 9.90. The Kier molecular flexibility index (Phi) is 4.43. The number of hydrogen-bond acceptors (Lipinski definition) is 4. The molecule has 6 heteroatoms. The second-order valence-corrected chi connectivity index (χ2v) is 6.20. The van der Waals surface area contributed by atoms with E-state index in [9.17, 15) is 4.79 Å². The van der Waals surface area contributed by atoms with E-state index in [0.717, 1.165) is 44.1 Å². The first kappa shape index (κ1) is 15.7. The molecule has 1 atom stereocenters. The van der Waals surface area contributed by atoms with Crippen molar-refractivity contribution < 1.29 is 9.90 Å². The van der Waals surface area contributed by atoms with Crippen LogP contribution in [-0.2, 0) is 13.6 Å². The van der Waals surface area contributed by atoms with Gasteiger partial charge in [-0.15, -0.1) is 0 Å². The normalized spacial score (nSPS) is 19.0. The first-order valence-electron chi connectivity index (χ1n) is 7.95. The van der Waals surface area contributed by atoms with Gasteiger partial charge in [0.15, 0.2) is 0 Å². The summed E-state index contributed by atoms with van der Waals surface area (Å²) >= 11 is 0. The molecule has 1 saturated heterocycles. The summed E-state index contributed by atoms with van der Waals surface area (Å²) in [4.78, 5) is 17.8. The molecule has 1 aromatic carbocycles. The molecule has 122 valence electrons. The van der Waals surface area contributed by atoms with Gasteiger partial charge < -0.3 is 5.11 Å². The molecule has 0 saturated carbocycles. The van der Waals surface area contributed by atoms with Gasteiger partial charge >= 0.3 is 5.97 Å². The molecule has 23 heavy (non-hydrogen) atoms. The number of aromatic nitrogens is 3. The smallest absolute Gasteiger partial charge is 0.335 e. The van der Waals surface area contributed by atoms with E-state index in [4.69, 9.17) is 5.11 Å². The van der Waals surface area contributed by atoms with Crippen molar-refractivity contribution in [2.45, 2.75) is 32.2 Å². The molecular weight excluding hydrogens is 292 g/mol.